The molecule has 4 aromatic carbocycles. The first kappa shape index (κ1) is 33.0. The van der Waals surface area contributed by atoms with Gasteiger partial charge in [-0.25, -0.2) is 0 Å². The number of amides is 2. The van der Waals surface area contributed by atoms with Crippen molar-refractivity contribution >= 4 is 23.5 Å². The molecule has 0 saturated heterocycles. The average Bonchev–Trinajstić information content (AvgIpc) is 2.99. The molecule has 0 bridgehead atoms. The van der Waals surface area contributed by atoms with E-state index < -0.39 is 35.4 Å². The summed E-state index contributed by atoms with van der Waals surface area (Å²) in [5.74, 6) is -2.68. The van der Waals surface area contributed by atoms with E-state index >= 15 is 0 Å². The van der Waals surface area contributed by atoms with Crippen LogP contribution in [-0.2, 0) is 27.6 Å². The van der Waals surface area contributed by atoms with E-state index in [1.54, 1.807) is 54.6 Å². The first-order valence-electron chi connectivity index (χ1n) is 14.5. The fourth-order valence-electron chi connectivity index (χ4n) is 4.88. The number of anilines is 1. The van der Waals surface area contributed by atoms with Crippen molar-refractivity contribution in [3.63, 3.8) is 0 Å². The van der Waals surface area contributed by atoms with Crippen molar-refractivity contribution in [1.29, 1.82) is 0 Å². The van der Waals surface area contributed by atoms with Gasteiger partial charge in [-0.3, -0.25) is 14.4 Å². The highest BCUT2D eigenvalue weighted by molar-refractivity contribution is 5.97. The number of hydrogen-bond acceptors (Lipinski definition) is 3. The van der Waals surface area contributed by atoms with E-state index in [4.69, 9.17) is 5.11 Å². The summed E-state index contributed by atoms with van der Waals surface area (Å²) in [6.45, 7) is 6.21. The van der Waals surface area contributed by atoms with Crippen molar-refractivity contribution in [2.75, 3.05) is 11.9 Å². The van der Waals surface area contributed by atoms with Crippen molar-refractivity contribution in [2.24, 2.45) is 0 Å². The maximum absolute atomic E-state index is 13.9. The summed E-state index contributed by atoms with van der Waals surface area (Å²) in [4.78, 5) is 37.0. The van der Waals surface area contributed by atoms with Crippen molar-refractivity contribution in [2.45, 2.75) is 51.1 Å². The predicted octanol–water partition coefficient (Wildman–Crippen LogP) is 7.84. The largest absolute Gasteiger partial charge is 0.481 e. The molecule has 2 amide bonds. The minimum absolute atomic E-state index is 0.00967. The van der Waals surface area contributed by atoms with E-state index in [2.05, 4.69) is 31.4 Å². The van der Waals surface area contributed by atoms with Gasteiger partial charge in [0.25, 0.3) is 5.91 Å². The highest BCUT2D eigenvalue weighted by Gasteiger charge is 2.32. The Labute approximate surface area is 260 Å². The number of aliphatic carboxylic acids is 1. The van der Waals surface area contributed by atoms with E-state index in [9.17, 15) is 27.6 Å². The van der Waals surface area contributed by atoms with Crippen LogP contribution in [0.2, 0.25) is 0 Å². The van der Waals surface area contributed by atoms with Crippen LogP contribution in [0.3, 0.4) is 0 Å². The van der Waals surface area contributed by atoms with Crippen LogP contribution in [0.25, 0.3) is 11.1 Å². The van der Waals surface area contributed by atoms with Gasteiger partial charge in [0, 0.05) is 17.8 Å². The van der Waals surface area contributed by atoms with Gasteiger partial charge in [-0.05, 0) is 70.0 Å². The molecule has 1 atom stereocenters. The minimum Gasteiger partial charge on any atom is -0.481 e. The summed E-state index contributed by atoms with van der Waals surface area (Å²) < 4.78 is 41.6. The molecule has 0 saturated carbocycles. The highest BCUT2D eigenvalue weighted by atomic mass is 19.4. The van der Waals surface area contributed by atoms with E-state index in [0.717, 1.165) is 23.3 Å². The molecule has 0 radical (unpaired) electrons. The van der Waals surface area contributed by atoms with Crippen molar-refractivity contribution in [3.8, 4) is 11.1 Å². The van der Waals surface area contributed by atoms with Gasteiger partial charge in [-0.1, -0.05) is 87.5 Å². The van der Waals surface area contributed by atoms with Crippen LogP contribution >= 0.6 is 0 Å². The van der Waals surface area contributed by atoms with E-state index in [1.165, 1.54) is 6.07 Å². The Morgan fingerprint density at radius 3 is 2.00 bits per heavy atom. The molecule has 0 aliphatic carbocycles. The van der Waals surface area contributed by atoms with Crippen LogP contribution in [0, 0.1) is 0 Å². The molecule has 0 aliphatic heterocycles. The Kier molecular flexibility index (Phi) is 10.1. The molecule has 45 heavy (non-hydrogen) atoms. The summed E-state index contributed by atoms with van der Waals surface area (Å²) in [6, 6.07) is 26.3. The summed E-state index contributed by atoms with van der Waals surface area (Å²) in [5, 5.41) is 14.1. The van der Waals surface area contributed by atoms with Crippen LogP contribution < -0.4 is 10.6 Å². The minimum atomic E-state index is -4.62. The molecular weight excluding hydrogens is 581 g/mol. The standard InChI is InChI=1S/C36H35F3N2O4/c1-35(2,3)28-15-13-25(14-16-28)31(19-23-9-11-26(12-10-23)33(44)40-18-17-32(42)43)34(45)41-30-21-27(24-7-5-4-6-8-24)20-29(22-30)36(37,38)39/h4-16,20-22,31H,17-19H2,1-3H3,(H,40,44)(H,41,45)(H,42,43). The molecule has 0 heterocycles. The molecule has 4 aromatic rings. The number of alkyl halides is 3. The second-order valence-electron chi connectivity index (χ2n) is 11.9. The van der Waals surface area contributed by atoms with Gasteiger partial charge < -0.3 is 15.7 Å². The molecular formula is C36H35F3N2O4. The number of carboxylic acids is 1. The third kappa shape index (κ3) is 9.04. The Morgan fingerprint density at radius 1 is 0.778 bits per heavy atom. The van der Waals surface area contributed by atoms with Crippen LogP contribution in [0.5, 0.6) is 0 Å². The van der Waals surface area contributed by atoms with Gasteiger partial charge in [-0.15, -0.1) is 0 Å². The Balaban J connectivity index is 1.64. The molecule has 4 rings (SSSR count). The third-order valence-electron chi connectivity index (χ3n) is 7.41. The van der Waals surface area contributed by atoms with E-state index in [0.29, 0.717) is 22.3 Å². The maximum atomic E-state index is 13.9. The number of benzene rings is 4. The van der Waals surface area contributed by atoms with Gasteiger partial charge >= 0.3 is 12.1 Å². The van der Waals surface area contributed by atoms with Crippen molar-refractivity contribution < 1.29 is 32.7 Å². The zero-order valence-electron chi connectivity index (χ0n) is 25.2. The monoisotopic (exact) mass is 616 g/mol. The van der Waals surface area contributed by atoms with Gasteiger partial charge in [0.05, 0.1) is 17.9 Å². The lowest BCUT2D eigenvalue weighted by Gasteiger charge is -2.22. The Bertz CT molecular complexity index is 1640. The third-order valence-corrected chi connectivity index (χ3v) is 7.41. The second-order valence-corrected chi connectivity index (χ2v) is 11.9. The number of carboxylic acid groups (broad SMARTS) is 1. The lowest BCUT2D eigenvalue weighted by molar-refractivity contribution is -0.138. The lowest BCUT2D eigenvalue weighted by atomic mass is 9.84. The van der Waals surface area contributed by atoms with Gasteiger partial charge in [0.15, 0.2) is 0 Å². The van der Waals surface area contributed by atoms with Crippen LogP contribution in [-0.4, -0.2) is 29.4 Å². The Hall–Kier alpha value is -4.92. The zero-order valence-corrected chi connectivity index (χ0v) is 25.2. The van der Waals surface area contributed by atoms with Crippen molar-refractivity contribution in [1.82, 2.24) is 5.32 Å². The fraction of sp³-hybridized carbons (Fsp3) is 0.250. The fourth-order valence-corrected chi connectivity index (χ4v) is 4.88. The molecule has 0 spiro atoms. The number of carbonyl (C=O) groups is 3. The molecule has 0 aliphatic rings. The number of hydrogen-bond donors (Lipinski definition) is 3. The number of halogens is 3. The first-order chi connectivity index (χ1) is 21.2. The molecule has 0 fully saturated rings. The average molecular weight is 617 g/mol. The second kappa shape index (κ2) is 13.8. The molecule has 0 aromatic heterocycles. The normalized spacial score (nSPS) is 12.3. The van der Waals surface area contributed by atoms with Crippen LogP contribution in [0.15, 0.2) is 97.1 Å². The maximum Gasteiger partial charge on any atom is 0.416 e. The van der Waals surface area contributed by atoms with Gasteiger partial charge in [0.1, 0.15) is 0 Å². The molecule has 3 N–H and O–H groups in total. The number of carbonyl (C=O) groups excluding carboxylic acids is 2. The quantitative estimate of drug-likeness (QED) is 0.169. The van der Waals surface area contributed by atoms with Gasteiger partial charge in [0.2, 0.25) is 5.91 Å². The smallest absolute Gasteiger partial charge is 0.416 e. The van der Waals surface area contributed by atoms with Gasteiger partial charge in [-0.2, -0.15) is 13.2 Å². The molecule has 234 valence electrons. The summed E-state index contributed by atoms with van der Waals surface area (Å²) in [5.41, 5.74) is 2.75. The predicted molar refractivity (Wildman–Crippen MR) is 168 cm³/mol. The first-order valence-corrected chi connectivity index (χ1v) is 14.5. The van der Waals surface area contributed by atoms with E-state index in [-0.39, 0.29) is 30.5 Å². The Morgan fingerprint density at radius 2 is 1.42 bits per heavy atom. The lowest BCUT2D eigenvalue weighted by Crippen LogP contribution is -2.26. The zero-order chi connectivity index (χ0) is 32.8. The van der Waals surface area contributed by atoms with E-state index in [1.807, 2.05) is 24.3 Å². The molecule has 6 nitrogen and oxygen atoms in total. The highest BCUT2D eigenvalue weighted by Crippen LogP contribution is 2.36. The summed E-state index contributed by atoms with van der Waals surface area (Å²) in [6.07, 6.45) is -4.60. The summed E-state index contributed by atoms with van der Waals surface area (Å²) in [7, 11) is 0. The molecule has 9 heteroatoms. The molecule has 1 unspecified atom stereocenters. The van der Waals surface area contributed by atoms with Crippen LogP contribution in [0.4, 0.5) is 18.9 Å². The SMILES string of the molecule is CC(C)(C)c1ccc(C(Cc2ccc(C(=O)NCCC(=O)O)cc2)C(=O)Nc2cc(-c3ccccc3)cc(C(F)(F)F)c2)cc1. The summed E-state index contributed by atoms with van der Waals surface area (Å²) >= 11 is 0. The van der Waals surface area contributed by atoms with Crippen LogP contribution in [0.1, 0.15) is 65.7 Å². The topological polar surface area (TPSA) is 95.5 Å². The number of nitrogens with one attached hydrogen (secondary N) is 2. The van der Waals surface area contributed by atoms with Crippen molar-refractivity contribution in [3.05, 3.63) is 125 Å². The number of rotatable bonds is 10.